The number of benzene rings is 1. The Morgan fingerprint density at radius 1 is 1.23 bits per heavy atom. The summed E-state index contributed by atoms with van der Waals surface area (Å²) in [5, 5.41) is 3.74. The van der Waals surface area contributed by atoms with Gasteiger partial charge in [-0.1, -0.05) is 11.6 Å². The van der Waals surface area contributed by atoms with Crippen molar-refractivity contribution in [2.24, 2.45) is 5.92 Å². The van der Waals surface area contributed by atoms with Crippen molar-refractivity contribution in [3.05, 3.63) is 47.1 Å². The number of hydrogen-bond acceptors (Lipinski definition) is 4. The first-order chi connectivity index (χ1) is 12.4. The van der Waals surface area contributed by atoms with Gasteiger partial charge in [-0.25, -0.2) is 4.98 Å². The van der Waals surface area contributed by atoms with Crippen molar-refractivity contribution in [2.45, 2.75) is 19.8 Å². The van der Waals surface area contributed by atoms with Gasteiger partial charge in [0.25, 0.3) is 0 Å². The number of nitrogens with zero attached hydrogens (tertiary/aromatic N) is 3. The number of aromatic nitrogens is 1. The minimum atomic E-state index is 0.0338. The molecule has 1 amide bonds. The number of anilines is 3. The molecule has 0 saturated carbocycles. The molecule has 0 spiro atoms. The van der Waals surface area contributed by atoms with Crippen LogP contribution in [0.4, 0.5) is 17.2 Å². The molecule has 26 heavy (non-hydrogen) atoms. The second-order valence-corrected chi connectivity index (χ2v) is 7.42. The summed E-state index contributed by atoms with van der Waals surface area (Å²) in [6.07, 6.45) is 3.31. The van der Waals surface area contributed by atoms with Gasteiger partial charge in [0, 0.05) is 50.7 Å². The molecule has 0 unspecified atom stereocenters. The number of pyridine rings is 1. The Morgan fingerprint density at radius 2 is 1.96 bits per heavy atom. The molecule has 1 aliphatic heterocycles. The highest BCUT2D eigenvalue weighted by Crippen LogP contribution is 2.26. The number of piperidine rings is 1. The maximum atomic E-state index is 12.7. The van der Waals surface area contributed by atoms with Crippen LogP contribution in [0.5, 0.6) is 0 Å². The zero-order chi connectivity index (χ0) is 18.7. The molecular weight excluding hydrogens is 348 g/mol. The van der Waals surface area contributed by atoms with Crippen LogP contribution in [0.1, 0.15) is 18.4 Å². The largest absolute Gasteiger partial charge is 0.378 e. The van der Waals surface area contributed by atoms with Crippen LogP contribution in [-0.2, 0) is 4.79 Å². The summed E-state index contributed by atoms with van der Waals surface area (Å²) in [6, 6.07) is 9.87. The van der Waals surface area contributed by atoms with E-state index < -0.39 is 0 Å². The zero-order valence-corrected chi connectivity index (χ0v) is 16.3. The van der Waals surface area contributed by atoms with Gasteiger partial charge >= 0.3 is 0 Å². The molecule has 3 rings (SSSR count). The minimum Gasteiger partial charge on any atom is -0.378 e. The highest BCUT2D eigenvalue weighted by atomic mass is 35.5. The maximum Gasteiger partial charge on any atom is 0.227 e. The van der Waals surface area contributed by atoms with E-state index in [1.807, 2.05) is 45.3 Å². The highest BCUT2D eigenvalue weighted by Gasteiger charge is 2.26. The lowest BCUT2D eigenvalue weighted by Crippen LogP contribution is -2.38. The molecule has 0 bridgehead atoms. The Hall–Kier alpha value is -2.27. The number of aryl methyl sites for hydroxylation is 1. The molecule has 1 aromatic carbocycles. The van der Waals surface area contributed by atoms with Crippen LogP contribution in [0.3, 0.4) is 0 Å². The van der Waals surface area contributed by atoms with Crippen molar-refractivity contribution in [2.75, 3.05) is 42.3 Å². The molecule has 1 fully saturated rings. The van der Waals surface area contributed by atoms with E-state index in [1.54, 1.807) is 6.20 Å². The molecule has 2 heterocycles. The summed E-state index contributed by atoms with van der Waals surface area (Å²) in [4.78, 5) is 21.3. The summed E-state index contributed by atoms with van der Waals surface area (Å²) in [5.41, 5.74) is 3.10. The molecule has 1 aromatic heterocycles. The van der Waals surface area contributed by atoms with Crippen LogP contribution in [-0.4, -0.2) is 38.1 Å². The summed E-state index contributed by atoms with van der Waals surface area (Å²) < 4.78 is 0. The monoisotopic (exact) mass is 372 g/mol. The third-order valence-corrected chi connectivity index (χ3v) is 5.11. The molecule has 0 aliphatic carbocycles. The summed E-state index contributed by atoms with van der Waals surface area (Å²) in [7, 11) is 4.02. The van der Waals surface area contributed by atoms with E-state index in [9.17, 15) is 4.79 Å². The average molecular weight is 373 g/mol. The highest BCUT2D eigenvalue weighted by molar-refractivity contribution is 6.30. The number of nitrogens with one attached hydrogen (secondary N) is 1. The quantitative estimate of drug-likeness (QED) is 0.882. The van der Waals surface area contributed by atoms with Gasteiger partial charge in [0.1, 0.15) is 5.82 Å². The van der Waals surface area contributed by atoms with Crippen molar-refractivity contribution in [1.82, 2.24) is 4.98 Å². The molecule has 6 heteroatoms. The van der Waals surface area contributed by atoms with Crippen LogP contribution < -0.4 is 15.1 Å². The van der Waals surface area contributed by atoms with E-state index in [0.29, 0.717) is 5.02 Å². The van der Waals surface area contributed by atoms with Crippen molar-refractivity contribution in [1.29, 1.82) is 0 Å². The second kappa shape index (κ2) is 7.96. The van der Waals surface area contributed by atoms with Crippen molar-refractivity contribution >= 4 is 34.7 Å². The summed E-state index contributed by atoms with van der Waals surface area (Å²) in [6.45, 7) is 3.67. The van der Waals surface area contributed by atoms with E-state index in [2.05, 4.69) is 26.2 Å². The number of amides is 1. The second-order valence-electron chi connectivity index (χ2n) is 6.98. The lowest BCUT2D eigenvalue weighted by Gasteiger charge is -2.32. The van der Waals surface area contributed by atoms with Gasteiger partial charge in [-0.3, -0.25) is 4.79 Å². The molecule has 1 N–H and O–H groups in total. The van der Waals surface area contributed by atoms with Gasteiger partial charge in [-0.05, 0) is 55.7 Å². The predicted octanol–water partition coefficient (Wildman–Crippen LogP) is 3.96. The number of halogens is 1. The molecule has 0 atom stereocenters. The third kappa shape index (κ3) is 4.28. The molecular formula is C20H25ClN4O. The molecule has 0 radical (unpaired) electrons. The lowest BCUT2D eigenvalue weighted by molar-refractivity contribution is -0.120. The van der Waals surface area contributed by atoms with E-state index in [-0.39, 0.29) is 11.8 Å². The predicted molar refractivity (Wildman–Crippen MR) is 108 cm³/mol. The Balaban J connectivity index is 1.58. The zero-order valence-electron chi connectivity index (χ0n) is 15.5. The van der Waals surface area contributed by atoms with Crippen LogP contribution in [0, 0.1) is 12.8 Å². The van der Waals surface area contributed by atoms with Crippen LogP contribution in [0.25, 0.3) is 0 Å². The van der Waals surface area contributed by atoms with Gasteiger partial charge in [0.15, 0.2) is 0 Å². The van der Waals surface area contributed by atoms with Crippen LogP contribution in [0.15, 0.2) is 36.5 Å². The standard InChI is InChI=1S/C20H25ClN4O/c1-14-12-17(24(2)3)5-6-18(14)23-20(26)15-8-10-25(11-9-15)19-7-4-16(21)13-22-19/h4-7,12-13,15H,8-11H2,1-3H3,(H,23,26). The van der Waals surface area contributed by atoms with E-state index in [4.69, 9.17) is 11.6 Å². The molecule has 1 saturated heterocycles. The molecule has 1 aliphatic rings. The first kappa shape index (κ1) is 18.5. The van der Waals surface area contributed by atoms with Gasteiger partial charge in [0.2, 0.25) is 5.91 Å². The SMILES string of the molecule is Cc1cc(N(C)C)ccc1NC(=O)C1CCN(c2ccc(Cl)cn2)CC1. The summed E-state index contributed by atoms with van der Waals surface area (Å²) in [5.74, 6) is 1.06. The Morgan fingerprint density at radius 3 is 2.54 bits per heavy atom. The Kier molecular flexibility index (Phi) is 5.67. The smallest absolute Gasteiger partial charge is 0.227 e. The van der Waals surface area contributed by atoms with Crippen molar-refractivity contribution in [3.63, 3.8) is 0 Å². The van der Waals surface area contributed by atoms with Crippen molar-refractivity contribution < 1.29 is 4.79 Å². The van der Waals surface area contributed by atoms with Gasteiger partial charge in [-0.2, -0.15) is 0 Å². The average Bonchev–Trinajstić information content (AvgIpc) is 2.64. The maximum absolute atomic E-state index is 12.7. The van der Waals surface area contributed by atoms with E-state index >= 15 is 0 Å². The van der Waals surface area contributed by atoms with Crippen LogP contribution in [0.2, 0.25) is 5.02 Å². The fourth-order valence-electron chi connectivity index (χ4n) is 3.23. The number of rotatable bonds is 4. The number of carbonyl (C=O) groups is 1. The molecule has 5 nitrogen and oxygen atoms in total. The molecule has 138 valence electrons. The Labute approximate surface area is 160 Å². The lowest BCUT2D eigenvalue weighted by atomic mass is 9.95. The van der Waals surface area contributed by atoms with Gasteiger partial charge in [0.05, 0.1) is 5.02 Å². The topological polar surface area (TPSA) is 48.5 Å². The molecule has 2 aromatic rings. The normalized spacial score (nSPS) is 15.0. The van der Waals surface area contributed by atoms with E-state index in [1.165, 1.54) is 0 Å². The number of carbonyl (C=O) groups excluding carboxylic acids is 1. The van der Waals surface area contributed by atoms with Crippen molar-refractivity contribution in [3.8, 4) is 0 Å². The fraction of sp³-hybridized carbons (Fsp3) is 0.400. The minimum absolute atomic E-state index is 0.0338. The van der Waals surface area contributed by atoms with Crippen LogP contribution >= 0.6 is 11.6 Å². The fourth-order valence-corrected chi connectivity index (χ4v) is 3.34. The first-order valence-corrected chi connectivity index (χ1v) is 9.27. The third-order valence-electron chi connectivity index (χ3n) is 4.89. The first-order valence-electron chi connectivity index (χ1n) is 8.89. The summed E-state index contributed by atoms with van der Waals surface area (Å²) >= 11 is 5.90. The van der Waals surface area contributed by atoms with E-state index in [0.717, 1.165) is 48.7 Å². The Bertz CT molecular complexity index is 768. The number of hydrogen-bond donors (Lipinski definition) is 1. The van der Waals surface area contributed by atoms with Gasteiger partial charge < -0.3 is 15.1 Å². The van der Waals surface area contributed by atoms with Gasteiger partial charge in [-0.15, -0.1) is 0 Å².